The number of anilines is 1. The van der Waals surface area contributed by atoms with Crippen molar-refractivity contribution in [1.82, 2.24) is 0 Å². The Kier molecular flexibility index (Phi) is 7.15. The topological polar surface area (TPSA) is 149 Å². The van der Waals surface area contributed by atoms with E-state index in [1.165, 1.54) is 17.0 Å². The second-order valence-corrected chi connectivity index (χ2v) is 9.04. The largest absolute Gasteiger partial charge is 0.466 e. The lowest BCUT2D eigenvalue weighted by atomic mass is 9.80. The van der Waals surface area contributed by atoms with Crippen molar-refractivity contribution in [2.45, 2.75) is 32.1 Å². The number of rotatable bonds is 5. The number of nitriles is 1. The number of hydrogen-bond donors (Lipinski definition) is 1. The van der Waals surface area contributed by atoms with Gasteiger partial charge in [0.1, 0.15) is 11.5 Å². The Morgan fingerprint density at radius 2 is 1.69 bits per heavy atom. The summed E-state index contributed by atoms with van der Waals surface area (Å²) >= 11 is 0. The summed E-state index contributed by atoms with van der Waals surface area (Å²) in [6.45, 7) is 5.63. The van der Waals surface area contributed by atoms with Gasteiger partial charge in [-0.2, -0.15) is 5.26 Å². The molecule has 0 aliphatic carbocycles. The monoisotopic (exact) mass is 490 g/mol. The van der Waals surface area contributed by atoms with Crippen LogP contribution in [0.1, 0.15) is 37.8 Å². The van der Waals surface area contributed by atoms with Gasteiger partial charge >= 0.3 is 11.9 Å². The SMILES string of the molecule is COC(=O)C1=C(C(=O)OC)N(c2cc([N+](=O)[O-])ccc2C(C)(C)C)C(N)=C(C#N)C1c1ccccc1. The lowest BCUT2D eigenvalue weighted by Crippen LogP contribution is -2.41. The van der Waals surface area contributed by atoms with Crippen molar-refractivity contribution in [2.24, 2.45) is 5.73 Å². The number of methoxy groups -OCH3 is 2. The highest BCUT2D eigenvalue weighted by atomic mass is 16.6. The molecule has 186 valence electrons. The molecular weight excluding hydrogens is 464 g/mol. The van der Waals surface area contributed by atoms with Crippen LogP contribution in [0.5, 0.6) is 0 Å². The quantitative estimate of drug-likeness (QED) is 0.375. The van der Waals surface area contributed by atoms with Crippen LogP contribution in [0.2, 0.25) is 0 Å². The van der Waals surface area contributed by atoms with E-state index in [1.54, 1.807) is 36.4 Å². The van der Waals surface area contributed by atoms with Crippen LogP contribution < -0.4 is 10.6 Å². The molecule has 0 spiro atoms. The average Bonchev–Trinajstić information content (AvgIpc) is 2.86. The van der Waals surface area contributed by atoms with Gasteiger partial charge in [-0.3, -0.25) is 15.0 Å². The minimum atomic E-state index is -1.04. The van der Waals surface area contributed by atoms with E-state index in [0.717, 1.165) is 14.2 Å². The Balaban J connectivity index is 2.53. The molecule has 10 nitrogen and oxygen atoms in total. The summed E-state index contributed by atoms with van der Waals surface area (Å²) in [5.74, 6) is -3.00. The molecule has 2 N–H and O–H groups in total. The Hall–Kier alpha value is -4.65. The number of carbonyl (C=O) groups is 2. The molecule has 0 fully saturated rings. The molecule has 0 aromatic heterocycles. The fourth-order valence-electron chi connectivity index (χ4n) is 4.22. The third-order valence-electron chi connectivity index (χ3n) is 5.85. The van der Waals surface area contributed by atoms with Crippen molar-refractivity contribution < 1.29 is 24.0 Å². The summed E-state index contributed by atoms with van der Waals surface area (Å²) in [5.41, 5.74) is 6.48. The number of carbonyl (C=O) groups excluding carboxylic acids is 2. The summed E-state index contributed by atoms with van der Waals surface area (Å²) in [7, 11) is 2.29. The second-order valence-electron chi connectivity index (χ2n) is 9.04. The number of ether oxygens (including phenoxy) is 2. The standard InChI is InChI=1S/C26H26N4O6/c1-26(2,3)18-12-11-16(30(33)34)13-19(18)29-22(25(32)36-5)21(24(31)35-4)20(17(14-27)23(29)28)15-9-7-6-8-10-15/h6-13,20H,28H2,1-5H3. The van der Waals surface area contributed by atoms with Crippen LogP contribution in [0, 0.1) is 21.4 Å². The van der Waals surface area contributed by atoms with Gasteiger partial charge < -0.3 is 15.2 Å². The van der Waals surface area contributed by atoms with Crippen LogP contribution in [-0.2, 0) is 24.5 Å². The lowest BCUT2D eigenvalue weighted by Gasteiger charge is -2.38. The predicted octanol–water partition coefficient (Wildman–Crippen LogP) is 3.79. The van der Waals surface area contributed by atoms with Gasteiger partial charge in [0.25, 0.3) is 5.69 Å². The molecule has 1 unspecified atom stereocenters. The molecular formula is C26H26N4O6. The Morgan fingerprint density at radius 1 is 1.08 bits per heavy atom. The van der Waals surface area contributed by atoms with E-state index in [9.17, 15) is 25.0 Å². The fraction of sp³-hybridized carbons (Fsp3) is 0.269. The molecule has 3 rings (SSSR count). The third kappa shape index (κ3) is 4.51. The number of benzene rings is 2. The number of nitrogens with zero attached hydrogens (tertiary/aromatic N) is 3. The minimum absolute atomic E-state index is 0.0272. The first-order valence-corrected chi connectivity index (χ1v) is 10.9. The van der Waals surface area contributed by atoms with Crippen molar-refractivity contribution >= 4 is 23.3 Å². The molecule has 1 atom stereocenters. The Labute approximate surface area is 208 Å². The van der Waals surface area contributed by atoms with Gasteiger partial charge in [-0.25, -0.2) is 9.59 Å². The molecule has 0 amide bonds. The van der Waals surface area contributed by atoms with Gasteiger partial charge in [0.15, 0.2) is 0 Å². The summed E-state index contributed by atoms with van der Waals surface area (Å²) in [6.07, 6.45) is 0. The van der Waals surface area contributed by atoms with E-state index in [2.05, 4.69) is 6.07 Å². The zero-order valence-corrected chi connectivity index (χ0v) is 20.6. The smallest absolute Gasteiger partial charge is 0.355 e. The van der Waals surface area contributed by atoms with Crippen molar-refractivity contribution in [3.63, 3.8) is 0 Å². The first kappa shape index (κ1) is 26.0. The zero-order valence-electron chi connectivity index (χ0n) is 20.6. The summed E-state index contributed by atoms with van der Waals surface area (Å²) in [5, 5.41) is 21.8. The van der Waals surface area contributed by atoms with Crippen molar-refractivity contribution in [1.29, 1.82) is 5.26 Å². The van der Waals surface area contributed by atoms with E-state index >= 15 is 0 Å². The number of hydrogen-bond acceptors (Lipinski definition) is 9. The first-order chi connectivity index (χ1) is 17.0. The number of nitrogens with two attached hydrogens (primary N) is 1. The molecule has 0 saturated carbocycles. The summed E-state index contributed by atoms with van der Waals surface area (Å²) in [4.78, 5) is 38.7. The normalized spacial score (nSPS) is 15.9. The van der Waals surface area contributed by atoms with E-state index in [0.29, 0.717) is 11.1 Å². The highest BCUT2D eigenvalue weighted by molar-refractivity contribution is 6.06. The highest BCUT2D eigenvalue weighted by Crippen LogP contribution is 2.46. The van der Waals surface area contributed by atoms with E-state index < -0.39 is 28.2 Å². The van der Waals surface area contributed by atoms with Crippen molar-refractivity contribution in [3.8, 4) is 6.07 Å². The number of nitro groups is 1. The molecule has 10 heteroatoms. The zero-order chi connectivity index (χ0) is 26.8. The van der Waals surface area contributed by atoms with Gasteiger partial charge in [-0.15, -0.1) is 0 Å². The molecule has 2 aromatic rings. The van der Waals surface area contributed by atoms with Crippen LogP contribution in [0.3, 0.4) is 0 Å². The van der Waals surface area contributed by atoms with Crippen LogP contribution in [0.4, 0.5) is 11.4 Å². The minimum Gasteiger partial charge on any atom is -0.466 e. The third-order valence-corrected chi connectivity index (χ3v) is 5.85. The fourth-order valence-corrected chi connectivity index (χ4v) is 4.22. The number of esters is 2. The second kappa shape index (κ2) is 9.92. The van der Waals surface area contributed by atoms with Gasteiger partial charge in [0, 0.05) is 12.1 Å². The lowest BCUT2D eigenvalue weighted by molar-refractivity contribution is -0.384. The molecule has 0 bridgehead atoms. The molecule has 1 aliphatic rings. The molecule has 0 radical (unpaired) electrons. The Bertz CT molecular complexity index is 1330. The number of non-ortho nitro benzene ring substituents is 1. The van der Waals surface area contributed by atoms with Crippen LogP contribution >= 0.6 is 0 Å². The first-order valence-electron chi connectivity index (χ1n) is 10.9. The van der Waals surface area contributed by atoms with Crippen LogP contribution in [0.25, 0.3) is 0 Å². The van der Waals surface area contributed by atoms with Gasteiger partial charge in [-0.05, 0) is 22.6 Å². The molecule has 1 aliphatic heterocycles. The van der Waals surface area contributed by atoms with Crippen LogP contribution in [-0.4, -0.2) is 31.1 Å². The van der Waals surface area contributed by atoms with E-state index in [4.69, 9.17) is 15.2 Å². The van der Waals surface area contributed by atoms with E-state index in [1.807, 2.05) is 20.8 Å². The molecule has 0 saturated heterocycles. The van der Waals surface area contributed by atoms with Crippen molar-refractivity contribution in [3.05, 3.63) is 92.4 Å². The molecule has 2 aromatic carbocycles. The maximum atomic E-state index is 13.3. The van der Waals surface area contributed by atoms with Gasteiger partial charge in [0.2, 0.25) is 0 Å². The molecule has 36 heavy (non-hydrogen) atoms. The summed E-state index contributed by atoms with van der Waals surface area (Å²) < 4.78 is 10.1. The maximum Gasteiger partial charge on any atom is 0.355 e. The highest BCUT2D eigenvalue weighted by Gasteiger charge is 2.44. The van der Waals surface area contributed by atoms with E-state index in [-0.39, 0.29) is 34.0 Å². The Morgan fingerprint density at radius 3 is 2.19 bits per heavy atom. The van der Waals surface area contributed by atoms with Gasteiger partial charge in [-0.1, -0.05) is 51.1 Å². The molecule has 1 heterocycles. The van der Waals surface area contributed by atoms with Crippen LogP contribution in [0.15, 0.2) is 71.2 Å². The predicted molar refractivity (Wildman–Crippen MR) is 131 cm³/mol. The van der Waals surface area contributed by atoms with Crippen molar-refractivity contribution in [2.75, 3.05) is 19.1 Å². The summed E-state index contributed by atoms with van der Waals surface area (Å²) in [6, 6.07) is 14.8. The number of allylic oxidation sites excluding steroid dienone is 1. The maximum absolute atomic E-state index is 13.3. The number of nitro benzene ring substituents is 1. The average molecular weight is 491 g/mol. The van der Waals surface area contributed by atoms with Gasteiger partial charge in [0.05, 0.1) is 48.0 Å².